The molecule has 2 aromatic carbocycles. The summed E-state index contributed by atoms with van der Waals surface area (Å²) in [6.45, 7) is 0. The molecule has 0 aliphatic heterocycles. The number of hydrogen-bond donors (Lipinski definition) is 2. The SMILES string of the molecule is Nc1ccc(-c2csc(-c3ccc(NC=O)cc3)n2)cc1. The lowest BCUT2D eigenvalue weighted by Crippen LogP contribution is -1.92. The van der Waals surface area contributed by atoms with Crippen molar-refractivity contribution in [2.24, 2.45) is 0 Å². The van der Waals surface area contributed by atoms with Crippen molar-refractivity contribution in [3.63, 3.8) is 0 Å². The number of carbonyl (C=O) groups excluding carboxylic acids is 1. The van der Waals surface area contributed by atoms with Gasteiger partial charge in [0.05, 0.1) is 5.69 Å². The molecule has 5 heteroatoms. The van der Waals surface area contributed by atoms with Gasteiger partial charge < -0.3 is 11.1 Å². The molecule has 1 amide bonds. The van der Waals surface area contributed by atoms with Gasteiger partial charge in [0.2, 0.25) is 6.41 Å². The van der Waals surface area contributed by atoms with E-state index < -0.39 is 0 Å². The van der Waals surface area contributed by atoms with E-state index in [1.807, 2.05) is 53.9 Å². The summed E-state index contributed by atoms with van der Waals surface area (Å²) in [6, 6.07) is 15.3. The Labute approximate surface area is 126 Å². The molecular weight excluding hydrogens is 282 g/mol. The van der Waals surface area contributed by atoms with Crippen molar-refractivity contribution in [1.82, 2.24) is 4.98 Å². The van der Waals surface area contributed by atoms with E-state index in [1.54, 1.807) is 11.3 Å². The Bertz CT molecular complexity index is 748. The van der Waals surface area contributed by atoms with E-state index in [0.29, 0.717) is 6.41 Å². The van der Waals surface area contributed by atoms with Gasteiger partial charge in [-0.05, 0) is 36.4 Å². The highest BCUT2D eigenvalue weighted by Gasteiger charge is 2.06. The van der Waals surface area contributed by atoms with Gasteiger partial charge in [0.25, 0.3) is 0 Å². The number of rotatable bonds is 4. The van der Waals surface area contributed by atoms with Crippen LogP contribution in [0.4, 0.5) is 11.4 Å². The molecular formula is C16H13N3OS. The molecule has 3 aromatic rings. The maximum absolute atomic E-state index is 10.4. The van der Waals surface area contributed by atoms with E-state index in [4.69, 9.17) is 5.73 Å². The van der Waals surface area contributed by atoms with Crippen LogP contribution in [0.2, 0.25) is 0 Å². The quantitative estimate of drug-likeness (QED) is 0.570. The van der Waals surface area contributed by atoms with Crippen LogP contribution in [-0.2, 0) is 4.79 Å². The molecule has 0 saturated carbocycles. The molecule has 0 atom stereocenters. The summed E-state index contributed by atoms with van der Waals surface area (Å²) >= 11 is 1.59. The second-order valence-corrected chi connectivity index (χ2v) is 5.36. The van der Waals surface area contributed by atoms with Gasteiger partial charge in [0.15, 0.2) is 0 Å². The number of nitrogens with two attached hydrogens (primary N) is 1. The lowest BCUT2D eigenvalue weighted by atomic mass is 10.1. The van der Waals surface area contributed by atoms with E-state index in [9.17, 15) is 4.79 Å². The van der Waals surface area contributed by atoms with Crippen molar-refractivity contribution in [2.45, 2.75) is 0 Å². The molecule has 1 aromatic heterocycles. The summed E-state index contributed by atoms with van der Waals surface area (Å²) in [5, 5.41) is 5.58. The number of aromatic nitrogens is 1. The van der Waals surface area contributed by atoms with Crippen molar-refractivity contribution in [2.75, 3.05) is 11.1 Å². The number of hydrogen-bond acceptors (Lipinski definition) is 4. The summed E-state index contributed by atoms with van der Waals surface area (Å²) in [5.41, 5.74) is 10.2. The monoisotopic (exact) mass is 295 g/mol. The minimum absolute atomic E-state index is 0.664. The van der Waals surface area contributed by atoms with Crippen molar-refractivity contribution in [1.29, 1.82) is 0 Å². The Hall–Kier alpha value is -2.66. The fraction of sp³-hybridized carbons (Fsp3) is 0. The second-order valence-electron chi connectivity index (χ2n) is 4.50. The van der Waals surface area contributed by atoms with Crippen LogP contribution < -0.4 is 11.1 Å². The van der Waals surface area contributed by atoms with E-state index >= 15 is 0 Å². The molecule has 0 fully saturated rings. The molecule has 0 bridgehead atoms. The average Bonchev–Trinajstić information content (AvgIpc) is 2.99. The molecule has 4 nitrogen and oxygen atoms in total. The zero-order chi connectivity index (χ0) is 14.7. The van der Waals surface area contributed by atoms with Gasteiger partial charge >= 0.3 is 0 Å². The average molecular weight is 295 g/mol. The standard InChI is InChI=1S/C16H13N3OS/c17-13-5-1-11(2-6-13)15-9-21-16(19-15)12-3-7-14(8-4-12)18-10-20/h1-10H,17H2,(H,18,20). The first-order valence-corrected chi connectivity index (χ1v) is 7.26. The predicted octanol–water partition coefficient (Wildman–Crippen LogP) is 3.63. The van der Waals surface area contributed by atoms with Crippen LogP contribution in [-0.4, -0.2) is 11.4 Å². The first-order chi connectivity index (χ1) is 10.3. The second kappa shape index (κ2) is 5.76. The van der Waals surface area contributed by atoms with E-state index in [-0.39, 0.29) is 0 Å². The predicted molar refractivity (Wildman–Crippen MR) is 87.1 cm³/mol. The number of anilines is 2. The van der Waals surface area contributed by atoms with Crippen LogP contribution in [0.3, 0.4) is 0 Å². The van der Waals surface area contributed by atoms with Crippen LogP contribution in [0.15, 0.2) is 53.9 Å². The van der Waals surface area contributed by atoms with Crippen molar-refractivity contribution in [3.05, 3.63) is 53.9 Å². The van der Waals surface area contributed by atoms with Gasteiger partial charge in [-0.25, -0.2) is 4.98 Å². The van der Waals surface area contributed by atoms with E-state index in [2.05, 4.69) is 10.3 Å². The number of nitrogens with one attached hydrogen (secondary N) is 1. The summed E-state index contributed by atoms with van der Waals surface area (Å²) in [7, 11) is 0. The van der Waals surface area contributed by atoms with Gasteiger partial charge in [-0.1, -0.05) is 12.1 Å². The van der Waals surface area contributed by atoms with Crippen molar-refractivity contribution < 1.29 is 4.79 Å². The number of nitrogens with zero attached hydrogens (tertiary/aromatic N) is 1. The Balaban J connectivity index is 1.87. The lowest BCUT2D eigenvalue weighted by molar-refractivity contribution is -0.105. The van der Waals surface area contributed by atoms with Gasteiger partial charge in [-0.3, -0.25) is 4.79 Å². The van der Waals surface area contributed by atoms with Crippen LogP contribution in [0.5, 0.6) is 0 Å². The first kappa shape index (κ1) is 13.3. The summed E-state index contributed by atoms with van der Waals surface area (Å²) in [5.74, 6) is 0. The third-order valence-electron chi connectivity index (χ3n) is 3.07. The Kier molecular flexibility index (Phi) is 3.66. The van der Waals surface area contributed by atoms with Gasteiger partial charge in [-0.2, -0.15) is 0 Å². The normalized spacial score (nSPS) is 10.3. The van der Waals surface area contributed by atoms with Crippen molar-refractivity contribution >= 4 is 29.1 Å². The zero-order valence-corrected chi connectivity index (χ0v) is 11.9. The molecule has 1 heterocycles. The molecule has 3 rings (SSSR count). The number of nitrogen functional groups attached to an aromatic ring is 1. The maximum Gasteiger partial charge on any atom is 0.211 e. The third-order valence-corrected chi connectivity index (χ3v) is 3.96. The molecule has 104 valence electrons. The highest BCUT2D eigenvalue weighted by molar-refractivity contribution is 7.13. The Morgan fingerprint density at radius 3 is 2.33 bits per heavy atom. The number of carbonyl (C=O) groups is 1. The largest absolute Gasteiger partial charge is 0.399 e. The van der Waals surface area contributed by atoms with Crippen LogP contribution in [0, 0.1) is 0 Å². The summed E-state index contributed by atoms with van der Waals surface area (Å²) in [4.78, 5) is 15.0. The zero-order valence-electron chi connectivity index (χ0n) is 11.1. The first-order valence-electron chi connectivity index (χ1n) is 6.38. The molecule has 0 aliphatic carbocycles. The summed E-state index contributed by atoms with van der Waals surface area (Å²) < 4.78 is 0. The fourth-order valence-corrected chi connectivity index (χ4v) is 2.81. The molecule has 0 spiro atoms. The smallest absolute Gasteiger partial charge is 0.211 e. The summed E-state index contributed by atoms with van der Waals surface area (Å²) in [6.07, 6.45) is 0.664. The molecule has 0 aliphatic rings. The Morgan fingerprint density at radius 1 is 1.00 bits per heavy atom. The number of benzene rings is 2. The highest BCUT2D eigenvalue weighted by atomic mass is 32.1. The van der Waals surface area contributed by atoms with Crippen LogP contribution in [0.25, 0.3) is 21.8 Å². The van der Waals surface area contributed by atoms with Crippen LogP contribution >= 0.6 is 11.3 Å². The molecule has 3 N–H and O–H groups in total. The van der Waals surface area contributed by atoms with Gasteiger partial charge in [0, 0.05) is 27.9 Å². The number of thiazole rings is 1. The lowest BCUT2D eigenvalue weighted by Gasteiger charge is -2.00. The topological polar surface area (TPSA) is 68.0 Å². The molecule has 21 heavy (non-hydrogen) atoms. The van der Waals surface area contributed by atoms with E-state index in [1.165, 1.54) is 0 Å². The molecule has 0 unspecified atom stereocenters. The molecule has 0 saturated heterocycles. The van der Waals surface area contributed by atoms with Crippen LogP contribution in [0.1, 0.15) is 0 Å². The maximum atomic E-state index is 10.4. The minimum atomic E-state index is 0.664. The van der Waals surface area contributed by atoms with Gasteiger partial charge in [-0.15, -0.1) is 11.3 Å². The number of amides is 1. The molecule has 0 radical (unpaired) electrons. The highest BCUT2D eigenvalue weighted by Crippen LogP contribution is 2.29. The fourth-order valence-electron chi connectivity index (χ4n) is 1.97. The van der Waals surface area contributed by atoms with E-state index in [0.717, 1.165) is 33.2 Å². The minimum Gasteiger partial charge on any atom is -0.399 e. The third kappa shape index (κ3) is 2.93. The Morgan fingerprint density at radius 2 is 1.67 bits per heavy atom. The van der Waals surface area contributed by atoms with Crippen molar-refractivity contribution in [3.8, 4) is 21.8 Å². The van der Waals surface area contributed by atoms with Gasteiger partial charge in [0.1, 0.15) is 5.01 Å².